The van der Waals surface area contributed by atoms with Crippen LogP contribution in [0, 0.1) is 5.82 Å². The summed E-state index contributed by atoms with van der Waals surface area (Å²) in [5.74, 6) is -0.302. The molecule has 2 rings (SSSR count). The van der Waals surface area contributed by atoms with Crippen molar-refractivity contribution in [3.63, 3.8) is 0 Å². The molecule has 14 heavy (non-hydrogen) atoms. The molecule has 5 heteroatoms. The first-order valence-electron chi connectivity index (χ1n) is 4.16. The predicted octanol–water partition coefficient (Wildman–Crippen LogP) is 0.865. The van der Waals surface area contributed by atoms with Crippen LogP contribution in [0.4, 0.5) is 4.39 Å². The highest BCUT2D eigenvalue weighted by Gasteiger charge is 2.03. The van der Waals surface area contributed by atoms with E-state index in [-0.39, 0.29) is 12.4 Å². The Kier molecular flexibility index (Phi) is 2.24. The number of hydrogen-bond acceptors (Lipinski definition) is 3. The van der Waals surface area contributed by atoms with Crippen molar-refractivity contribution in [2.75, 3.05) is 0 Å². The lowest BCUT2D eigenvalue weighted by atomic mass is 10.2. The second kappa shape index (κ2) is 3.55. The number of benzene rings is 1. The molecule has 0 unspecified atom stereocenters. The first-order valence-corrected chi connectivity index (χ1v) is 4.16. The van der Waals surface area contributed by atoms with E-state index >= 15 is 0 Å². The van der Waals surface area contributed by atoms with E-state index in [1.165, 1.54) is 10.9 Å². The van der Waals surface area contributed by atoms with E-state index < -0.39 is 0 Å². The van der Waals surface area contributed by atoms with E-state index in [9.17, 15) is 4.39 Å². The summed E-state index contributed by atoms with van der Waals surface area (Å²) in [4.78, 5) is 1.42. The summed E-state index contributed by atoms with van der Waals surface area (Å²) in [6.45, 7) is 0.168. The van der Waals surface area contributed by atoms with Gasteiger partial charge >= 0.3 is 0 Å². The summed E-state index contributed by atoms with van der Waals surface area (Å²) in [5, 5.41) is 7.87. The summed E-state index contributed by atoms with van der Waals surface area (Å²) < 4.78 is 13.1. The van der Waals surface area contributed by atoms with Crippen molar-refractivity contribution in [2.45, 2.75) is 6.54 Å². The first kappa shape index (κ1) is 8.83. The van der Waals surface area contributed by atoms with Crippen LogP contribution in [0.2, 0.25) is 0 Å². The van der Waals surface area contributed by atoms with Crippen LogP contribution in [0.15, 0.2) is 30.6 Å². The Balaban J connectivity index is 2.46. The Labute approximate surface area is 80.2 Å². The van der Waals surface area contributed by atoms with E-state index in [1.807, 2.05) is 0 Å². The molecule has 2 aromatic rings. The van der Waals surface area contributed by atoms with Gasteiger partial charge in [0, 0.05) is 12.1 Å². The molecule has 1 heterocycles. The Hall–Kier alpha value is -1.75. The van der Waals surface area contributed by atoms with Gasteiger partial charge in [-0.2, -0.15) is 15.0 Å². The van der Waals surface area contributed by atoms with Crippen LogP contribution in [0.25, 0.3) is 5.69 Å². The van der Waals surface area contributed by atoms with Crippen LogP contribution in [0.5, 0.6) is 0 Å². The van der Waals surface area contributed by atoms with Gasteiger partial charge < -0.3 is 5.73 Å². The van der Waals surface area contributed by atoms with E-state index in [0.29, 0.717) is 11.3 Å². The van der Waals surface area contributed by atoms with Crippen LogP contribution < -0.4 is 5.73 Å². The highest BCUT2D eigenvalue weighted by molar-refractivity contribution is 5.34. The van der Waals surface area contributed by atoms with E-state index in [4.69, 9.17) is 5.73 Å². The third-order valence-corrected chi connectivity index (χ3v) is 1.90. The highest BCUT2D eigenvalue weighted by Crippen LogP contribution is 2.11. The Bertz CT molecular complexity index is 424. The molecule has 0 fully saturated rings. The molecule has 0 amide bonds. The van der Waals surface area contributed by atoms with Crippen molar-refractivity contribution in [1.29, 1.82) is 0 Å². The zero-order chi connectivity index (χ0) is 9.97. The number of nitrogens with two attached hydrogens (primary N) is 1. The van der Waals surface area contributed by atoms with Crippen LogP contribution >= 0.6 is 0 Å². The molecule has 1 aromatic heterocycles. The van der Waals surface area contributed by atoms with E-state index in [0.717, 1.165) is 0 Å². The highest BCUT2D eigenvalue weighted by atomic mass is 19.1. The summed E-state index contributed by atoms with van der Waals surface area (Å²) in [6, 6.07) is 4.60. The smallest absolute Gasteiger partial charge is 0.127 e. The molecule has 0 aliphatic rings. The molecular weight excluding hydrogens is 183 g/mol. The fraction of sp³-hybridized carbons (Fsp3) is 0.111. The maximum absolute atomic E-state index is 13.1. The fourth-order valence-corrected chi connectivity index (χ4v) is 1.19. The molecule has 0 atom stereocenters. The molecule has 72 valence electrons. The monoisotopic (exact) mass is 192 g/mol. The van der Waals surface area contributed by atoms with Crippen molar-refractivity contribution in [3.8, 4) is 5.69 Å². The zero-order valence-corrected chi connectivity index (χ0v) is 7.39. The topological polar surface area (TPSA) is 56.7 Å². The van der Waals surface area contributed by atoms with Gasteiger partial charge in [0.1, 0.15) is 5.82 Å². The SMILES string of the molecule is NCc1cc(-n2nccn2)ccc1F. The van der Waals surface area contributed by atoms with Crippen LogP contribution in [0.1, 0.15) is 5.56 Å². The number of hydrogen-bond donors (Lipinski definition) is 1. The Morgan fingerprint density at radius 2 is 2.00 bits per heavy atom. The first-order chi connectivity index (χ1) is 6.81. The minimum Gasteiger partial charge on any atom is -0.326 e. The molecule has 1 aromatic carbocycles. The molecular formula is C9H9FN4. The second-order valence-electron chi connectivity index (χ2n) is 2.80. The average Bonchev–Trinajstić information content (AvgIpc) is 2.71. The number of rotatable bonds is 2. The third-order valence-electron chi connectivity index (χ3n) is 1.90. The van der Waals surface area contributed by atoms with Crippen LogP contribution in [0.3, 0.4) is 0 Å². The van der Waals surface area contributed by atoms with Gasteiger partial charge in [0.05, 0.1) is 18.1 Å². The summed E-state index contributed by atoms with van der Waals surface area (Å²) in [5.41, 5.74) is 6.55. The summed E-state index contributed by atoms with van der Waals surface area (Å²) >= 11 is 0. The van der Waals surface area contributed by atoms with E-state index in [2.05, 4.69) is 10.2 Å². The lowest BCUT2D eigenvalue weighted by molar-refractivity contribution is 0.608. The molecule has 0 saturated carbocycles. The second-order valence-corrected chi connectivity index (χ2v) is 2.80. The molecule has 4 nitrogen and oxygen atoms in total. The quantitative estimate of drug-likeness (QED) is 0.767. The predicted molar refractivity (Wildman–Crippen MR) is 49.2 cm³/mol. The van der Waals surface area contributed by atoms with Gasteiger partial charge in [0.2, 0.25) is 0 Å². The minimum absolute atomic E-state index is 0.168. The van der Waals surface area contributed by atoms with Gasteiger partial charge in [0.25, 0.3) is 0 Å². The molecule has 2 N–H and O–H groups in total. The summed E-state index contributed by atoms with van der Waals surface area (Å²) in [7, 11) is 0. The molecule has 0 radical (unpaired) electrons. The maximum Gasteiger partial charge on any atom is 0.127 e. The normalized spacial score (nSPS) is 10.4. The van der Waals surface area contributed by atoms with Crippen molar-refractivity contribution < 1.29 is 4.39 Å². The number of halogens is 1. The molecule has 0 bridgehead atoms. The molecule has 0 aliphatic heterocycles. The lowest BCUT2D eigenvalue weighted by Crippen LogP contribution is -2.04. The Morgan fingerprint density at radius 3 is 2.64 bits per heavy atom. The fourth-order valence-electron chi connectivity index (χ4n) is 1.19. The Morgan fingerprint density at radius 1 is 1.29 bits per heavy atom. The van der Waals surface area contributed by atoms with Crippen molar-refractivity contribution in [2.24, 2.45) is 5.73 Å². The minimum atomic E-state index is -0.302. The summed E-state index contributed by atoms with van der Waals surface area (Å²) in [6.07, 6.45) is 3.12. The van der Waals surface area contributed by atoms with Crippen LogP contribution in [-0.4, -0.2) is 15.0 Å². The van der Waals surface area contributed by atoms with Gasteiger partial charge in [-0.3, -0.25) is 0 Å². The largest absolute Gasteiger partial charge is 0.326 e. The number of aromatic nitrogens is 3. The van der Waals surface area contributed by atoms with Crippen molar-refractivity contribution in [3.05, 3.63) is 42.0 Å². The number of nitrogens with zero attached hydrogens (tertiary/aromatic N) is 3. The van der Waals surface area contributed by atoms with Gasteiger partial charge in [-0.15, -0.1) is 0 Å². The maximum atomic E-state index is 13.1. The van der Waals surface area contributed by atoms with Gasteiger partial charge in [0.15, 0.2) is 0 Å². The molecule has 0 spiro atoms. The van der Waals surface area contributed by atoms with Crippen molar-refractivity contribution >= 4 is 0 Å². The average molecular weight is 192 g/mol. The molecule has 0 aliphatic carbocycles. The third kappa shape index (κ3) is 1.49. The van der Waals surface area contributed by atoms with Crippen LogP contribution in [-0.2, 0) is 6.54 Å². The van der Waals surface area contributed by atoms with E-state index in [1.54, 1.807) is 24.5 Å². The molecule has 0 saturated heterocycles. The van der Waals surface area contributed by atoms with Crippen molar-refractivity contribution in [1.82, 2.24) is 15.0 Å². The zero-order valence-electron chi connectivity index (χ0n) is 7.39. The lowest BCUT2D eigenvalue weighted by Gasteiger charge is -2.03. The standard InChI is InChI=1S/C9H9FN4/c10-9-2-1-8(5-7(9)6-11)14-12-3-4-13-14/h1-5H,6,11H2. The van der Waals surface area contributed by atoms with Gasteiger partial charge in [-0.05, 0) is 18.2 Å². The van der Waals surface area contributed by atoms with Gasteiger partial charge in [-0.1, -0.05) is 0 Å². The van der Waals surface area contributed by atoms with Gasteiger partial charge in [-0.25, -0.2) is 4.39 Å².